The molecule has 12 nitrogen and oxygen atoms in total. The van der Waals surface area contributed by atoms with Crippen LogP contribution < -0.4 is 20.9 Å². The fourth-order valence-corrected chi connectivity index (χ4v) is 5.53. The van der Waals surface area contributed by atoms with Gasteiger partial charge in [-0.2, -0.15) is 5.09 Å². The summed E-state index contributed by atoms with van der Waals surface area (Å²) in [7, 11) is -2.99. The first-order valence-electron chi connectivity index (χ1n) is 11.2. The Bertz CT molecular complexity index is 1290. The summed E-state index contributed by atoms with van der Waals surface area (Å²) in [6.45, 7) is 3.89. The third kappa shape index (κ3) is 6.70. The Hall–Kier alpha value is -2.48. The van der Waals surface area contributed by atoms with Crippen LogP contribution in [0, 0.1) is 5.82 Å². The number of carbonyl (C=O) groups is 1. The first kappa shape index (κ1) is 29.1. The molecule has 1 aliphatic rings. The van der Waals surface area contributed by atoms with E-state index in [1.165, 1.54) is 33.8 Å². The molecule has 3 N–H and O–H groups in total. The van der Waals surface area contributed by atoms with Crippen molar-refractivity contribution in [2.45, 2.75) is 49.5 Å². The molecule has 1 fully saturated rings. The van der Waals surface area contributed by atoms with Gasteiger partial charge in [0.05, 0.1) is 24.1 Å². The number of alkyl halides is 1. The second-order valence-corrected chi connectivity index (χ2v) is 11.4. The molecule has 0 unspecified atom stereocenters. The van der Waals surface area contributed by atoms with Crippen LogP contribution in [0.1, 0.15) is 27.0 Å². The number of ether oxygens (including phenoxy) is 2. The van der Waals surface area contributed by atoms with Gasteiger partial charge in [0.25, 0.3) is 5.56 Å². The van der Waals surface area contributed by atoms with Crippen molar-refractivity contribution in [3.05, 3.63) is 63.2 Å². The molecule has 0 amide bonds. The molecule has 1 aromatic heterocycles. The molecule has 2 heterocycles. The van der Waals surface area contributed by atoms with Crippen molar-refractivity contribution >= 4 is 33.2 Å². The summed E-state index contributed by atoms with van der Waals surface area (Å²) >= 11 is 6.51. The lowest BCUT2D eigenvalue weighted by Gasteiger charge is -2.30. The lowest BCUT2D eigenvalue weighted by atomic mass is 9.79. The van der Waals surface area contributed by atoms with Crippen LogP contribution >= 0.6 is 19.3 Å². The number of rotatable bonds is 10. The Balaban J connectivity index is 1.85. The van der Waals surface area contributed by atoms with Crippen LogP contribution in [-0.2, 0) is 23.4 Å². The highest BCUT2D eigenvalue weighted by Gasteiger charge is 2.54. The molecule has 1 saturated heterocycles. The van der Waals surface area contributed by atoms with Gasteiger partial charge in [-0.05, 0) is 45.0 Å². The second-order valence-electron chi connectivity index (χ2n) is 8.94. The van der Waals surface area contributed by atoms with Crippen LogP contribution in [0.25, 0.3) is 0 Å². The number of aromatic nitrogens is 2. The van der Waals surface area contributed by atoms with Crippen LogP contribution in [0.3, 0.4) is 0 Å². The fourth-order valence-electron chi connectivity index (χ4n) is 3.55. The number of carbonyl (C=O) groups excluding carboxylic acids is 1. The van der Waals surface area contributed by atoms with E-state index in [4.69, 9.17) is 30.1 Å². The molecule has 2 aromatic rings. The monoisotopic (exact) mass is 561 g/mol. The molecule has 0 aliphatic carbocycles. The molecular weight excluding hydrogens is 534 g/mol. The van der Waals surface area contributed by atoms with E-state index in [2.05, 4.69) is 10.1 Å². The van der Waals surface area contributed by atoms with Crippen LogP contribution in [0.4, 0.5) is 4.39 Å². The number of H-pyrrole nitrogens is 1. The molecular formula is C21H27BClFN3O9P. The smallest absolute Gasteiger partial charge is 0.459 e. The number of hydrogen-bond donors (Lipinski definition) is 3. The van der Waals surface area contributed by atoms with E-state index in [9.17, 15) is 28.4 Å². The molecule has 1 aromatic carbocycles. The van der Waals surface area contributed by atoms with Gasteiger partial charge in [0, 0.05) is 12.3 Å². The van der Waals surface area contributed by atoms with Gasteiger partial charge >= 0.3 is 19.4 Å². The average Bonchev–Trinajstić information content (AvgIpc) is 3.02. The number of hydrogen-bond acceptors (Lipinski definition) is 9. The van der Waals surface area contributed by atoms with Crippen molar-refractivity contribution in [2.75, 3.05) is 13.2 Å². The summed E-state index contributed by atoms with van der Waals surface area (Å²) in [5.74, 6) is -1.34. The van der Waals surface area contributed by atoms with E-state index >= 15 is 0 Å². The molecule has 37 heavy (non-hydrogen) atoms. The van der Waals surface area contributed by atoms with Crippen LogP contribution in [0.5, 0.6) is 5.75 Å². The number of nitrogens with one attached hydrogen (secondary N) is 2. The van der Waals surface area contributed by atoms with E-state index in [0.717, 1.165) is 29.0 Å². The Morgan fingerprint density at radius 3 is 2.59 bits per heavy atom. The van der Waals surface area contributed by atoms with Crippen molar-refractivity contribution in [3.8, 4) is 5.75 Å². The number of esters is 1. The Morgan fingerprint density at radius 2 is 2.00 bits per heavy atom. The third-order valence-electron chi connectivity index (χ3n) is 5.47. The lowest BCUT2D eigenvalue weighted by Crippen LogP contribution is -2.47. The fraction of sp³-hybridized carbons (Fsp3) is 0.476. The molecule has 202 valence electrons. The molecule has 0 spiro atoms. The topological polar surface area (TPSA) is 158 Å². The molecule has 16 heteroatoms. The second kappa shape index (κ2) is 11.1. The standard InChI is InChI=1S/C21H27BClFN3O9P/c1-4-33-18(30)20(2,3)26-37(32,36-13-7-5-12(24)6-8-13)34-11-14-16(29)21(22,23)17(35-14)27-10-9-15(28)25-19(27)31/h5-10,14,16-17,29H,4,11,22H2,1-3H3,(H,26,32)(H,25,28,31)/t14-,16-,17-,21+,37-/m1/s1. The Morgan fingerprint density at radius 1 is 1.35 bits per heavy atom. The maximum atomic E-state index is 13.7. The van der Waals surface area contributed by atoms with Crippen molar-refractivity contribution in [3.63, 3.8) is 0 Å². The van der Waals surface area contributed by atoms with E-state index in [0.29, 0.717) is 0 Å². The minimum absolute atomic E-state index is 0.0374. The minimum atomic E-state index is -4.41. The molecule has 3 rings (SSSR count). The van der Waals surface area contributed by atoms with Crippen molar-refractivity contribution in [2.24, 2.45) is 0 Å². The third-order valence-corrected chi connectivity index (χ3v) is 7.65. The van der Waals surface area contributed by atoms with Gasteiger partial charge < -0.3 is 19.1 Å². The van der Waals surface area contributed by atoms with Crippen LogP contribution in [-0.4, -0.2) is 64.2 Å². The van der Waals surface area contributed by atoms with Gasteiger partial charge in [-0.15, -0.1) is 11.6 Å². The number of nitrogens with zero attached hydrogens (tertiary/aromatic N) is 1. The average molecular weight is 562 g/mol. The van der Waals surface area contributed by atoms with Crippen molar-refractivity contribution in [1.82, 2.24) is 14.6 Å². The minimum Gasteiger partial charge on any atom is -0.465 e. The zero-order valence-electron chi connectivity index (χ0n) is 20.5. The van der Waals surface area contributed by atoms with Gasteiger partial charge in [-0.3, -0.25) is 23.7 Å². The van der Waals surface area contributed by atoms with E-state index < -0.39 is 66.1 Å². The number of aliphatic hydroxyl groups excluding tert-OH is 1. The van der Waals surface area contributed by atoms with Crippen molar-refractivity contribution < 1.29 is 37.4 Å². The summed E-state index contributed by atoms with van der Waals surface area (Å²) in [5, 5.41) is 13.3. The summed E-state index contributed by atoms with van der Waals surface area (Å²) in [4.78, 5) is 38.1. The number of aliphatic hydroxyl groups is 1. The maximum absolute atomic E-state index is 13.7. The highest BCUT2D eigenvalue weighted by Crippen LogP contribution is 2.48. The predicted molar refractivity (Wildman–Crippen MR) is 133 cm³/mol. The molecule has 0 radical (unpaired) electrons. The van der Waals surface area contributed by atoms with Gasteiger partial charge in [0.1, 0.15) is 31.1 Å². The molecule has 0 bridgehead atoms. The maximum Gasteiger partial charge on any atom is 0.459 e. The Kier molecular flexibility index (Phi) is 8.73. The first-order chi connectivity index (χ1) is 17.2. The predicted octanol–water partition coefficient (Wildman–Crippen LogP) is 0.637. The van der Waals surface area contributed by atoms with Crippen LogP contribution in [0.15, 0.2) is 46.1 Å². The van der Waals surface area contributed by atoms with Gasteiger partial charge in [-0.1, -0.05) is 0 Å². The zero-order chi connectivity index (χ0) is 27.6. The molecule has 0 saturated carbocycles. The normalized spacial score (nSPS) is 25.4. The van der Waals surface area contributed by atoms with Crippen LogP contribution in [0.2, 0.25) is 0 Å². The van der Waals surface area contributed by atoms with E-state index in [1.54, 1.807) is 6.92 Å². The van der Waals surface area contributed by atoms with Gasteiger partial charge in [0.15, 0.2) is 6.23 Å². The van der Waals surface area contributed by atoms with Gasteiger partial charge in [-0.25, -0.2) is 13.8 Å². The van der Waals surface area contributed by atoms with E-state index in [-0.39, 0.29) is 12.4 Å². The highest BCUT2D eigenvalue weighted by molar-refractivity contribution is 7.52. The largest absolute Gasteiger partial charge is 0.465 e. The highest BCUT2D eigenvalue weighted by atomic mass is 35.5. The number of aromatic amines is 1. The lowest BCUT2D eigenvalue weighted by molar-refractivity contribution is -0.149. The summed E-state index contributed by atoms with van der Waals surface area (Å²) < 4.78 is 48.3. The molecule has 1 aliphatic heterocycles. The SMILES string of the molecule is B[C@]1(Cl)[C@H](O)[C@@H](CO[P@](=O)(NC(C)(C)C(=O)OCC)Oc2ccc(F)cc2)O[C@H]1n1ccc(=O)[nH]c1=O. The summed E-state index contributed by atoms with van der Waals surface area (Å²) in [5.41, 5.74) is -3.00. The zero-order valence-corrected chi connectivity index (χ0v) is 22.1. The summed E-state index contributed by atoms with van der Waals surface area (Å²) in [6, 6.07) is 5.65. The van der Waals surface area contributed by atoms with E-state index in [1.807, 2.05) is 0 Å². The molecule has 5 atom stereocenters. The quantitative estimate of drug-likeness (QED) is 0.163. The van der Waals surface area contributed by atoms with Gasteiger partial charge in [0.2, 0.25) is 0 Å². The summed E-state index contributed by atoms with van der Waals surface area (Å²) in [6.07, 6.45) is -2.73. The van der Waals surface area contributed by atoms with Crippen molar-refractivity contribution in [1.29, 1.82) is 0 Å². The first-order valence-corrected chi connectivity index (χ1v) is 13.1. The Labute approximate surface area is 217 Å². The number of benzene rings is 1. The number of halogens is 2.